The molecule has 0 aromatic carbocycles. The van der Waals surface area contributed by atoms with Crippen LogP contribution in [-0.2, 0) is 0 Å². The van der Waals surface area contributed by atoms with Gasteiger partial charge >= 0.3 is 0 Å². The van der Waals surface area contributed by atoms with Crippen molar-refractivity contribution in [2.24, 2.45) is 0 Å². The highest BCUT2D eigenvalue weighted by atomic mass is 127. The average molecular weight is 397 g/mol. The third kappa shape index (κ3) is 9.43. The molecule has 0 aliphatic carbocycles. The van der Waals surface area contributed by atoms with Crippen molar-refractivity contribution in [1.82, 2.24) is 12.0 Å². The molecule has 5 heteroatoms. The molecule has 0 heterocycles. The number of halogens is 2. The molecule has 0 rings (SSSR count). The Morgan fingerprint density at radius 2 is 1.42 bits per heavy atom. The zero-order valence-electron chi connectivity index (χ0n) is 7.45. The van der Waals surface area contributed by atoms with Crippen LogP contribution in [0.2, 0.25) is 0 Å². The molecule has 0 radical (unpaired) electrons. The molecule has 0 bridgehead atoms. The Balaban J connectivity index is 3.04. The number of rotatable bonds is 8. The van der Waals surface area contributed by atoms with E-state index in [0.29, 0.717) is 0 Å². The molecule has 3 nitrogen and oxygen atoms in total. The van der Waals surface area contributed by atoms with Gasteiger partial charge in [0, 0.05) is 58.8 Å². The Labute approximate surface area is 103 Å². The predicted molar refractivity (Wildman–Crippen MR) is 70.8 cm³/mol. The lowest BCUT2D eigenvalue weighted by atomic mass is 10.3. The molecule has 0 saturated carbocycles. The second-order valence-electron chi connectivity index (χ2n) is 2.78. The van der Waals surface area contributed by atoms with Crippen molar-refractivity contribution in [3.8, 4) is 0 Å². The fraction of sp³-hybridized carbons (Fsp3) is 1.00. The Hall–Kier alpha value is 1.34. The zero-order valence-corrected chi connectivity index (χ0v) is 11.8. The van der Waals surface area contributed by atoms with Crippen LogP contribution in [0.1, 0.15) is 12.8 Å². The van der Waals surface area contributed by atoms with Crippen LogP contribution < -0.4 is 7.06 Å². The van der Waals surface area contributed by atoms with E-state index in [0.717, 1.165) is 13.1 Å². The van der Waals surface area contributed by atoms with Crippen LogP contribution in [-0.4, -0.2) is 38.1 Å². The minimum Gasteiger partial charge on any atom is -0.306 e. The Kier molecular flexibility index (Phi) is 11.6. The first-order valence-electron chi connectivity index (χ1n) is 4.16. The molecule has 0 saturated heterocycles. The number of nitrogens with one attached hydrogen (secondary N) is 2. The van der Waals surface area contributed by atoms with Gasteiger partial charge in [-0.25, -0.2) is 0 Å². The van der Waals surface area contributed by atoms with E-state index in [2.05, 4.69) is 64.7 Å². The van der Waals surface area contributed by atoms with E-state index >= 15 is 0 Å². The summed E-state index contributed by atoms with van der Waals surface area (Å²) in [5.41, 5.74) is 0. The first kappa shape index (κ1) is 13.3. The molecule has 0 unspecified atom stereocenters. The second kappa shape index (κ2) is 10.4. The first-order valence-corrected chi connectivity index (χ1v) is 6.32. The highest BCUT2D eigenvalue weighted by molar-refractivity contribution is 14.1. The van der Waals surface area contributed by atoms with E-state index in [1.807, 2.05) is 0 Å². The topological polar surface area (TPSA) is 27.3 Å². The zero-order chi connectivity index (χ0) is 9.23. The van der Waals surface area contributed by atoms with Gasteiger partial charge in [-0.3, -0.25) is 7.06 Å². The summed E-state index contributed by atoms with van der Waals surface area (Å²) in [5, 5.41) is 0. The molecule has 0 aliphatic rings. The van der Waals surface area contributed by atoms with Crippen LogP contribution in [0.4, 0.5) is 0 Å². The molecular formula is C7H17I2N3. The molecule has 0 aromatic heterocycles. The lowest BCUT2D eigenvalue weighted by Crippen LogP contribution is -2.24. The Bertz CT molecular complexity index is 82.7. The van der Waals surface area contributed by atoms with Crippen LogP contribution >= 0.6 is 45.7 Å². The van der Waals surface area contributed by atoms with Gasteiger partial charge in [-0.1, -0.05) is 0 Å². The van der Waals surface area contributed by atoms with E-state index in [9.17, 15) is 0 Å². The summed E-state index contributed by atoms with van der Waals surface area (Å²) >= 11 is 4.38. The number of hydrogen-bond donors (Lipinski definition) is 2. The first-order chi connectivity index (χ1) is 5.81. The van der Waals surface area contributed by atoms with Crippen molar-refractivity contribution in [1.29, 1.82) is 0 Å². The standard InChI is InChI=1S/C7H17I2N3/c1-12(6-2-4-10-8)7-3-5-11-9/h10-11H,2-7H2,1H3. The van der Waals surface area contributed by atoms with Crippen LogP contribution in [0.25, 0.3) is 0 Å². The lowest BCUT2D eigenvalue weighted by molar-refractivity contribution is 0.327. The van der Waals surface area contributed by atoms with Gasteiger partial charge in [0.1, 0.15) is 0 Å². The number of hydrogen-bond acceptors (Lipinski definition) is 3. The summed E-state index contributed by atoms with van der Waals surface area (Å²) in [5.74, 6) is 0. The largest absolute Gasteiger partial charge is 0.306 e. The highest BCUT2D eigenvalue weighted by Gasteiger charge is 1.96. The van der Waals surface area contributed by atoms with Crippen molar-refractivity contribution in [3.05, 3.63) is 0 Å². The second-order valence-corrected chi connectivity index (χ2v) is 4.30. The summed E-state index contributed by atoms with van der Waals surface area (Å²) < 4.78 is 6.24. The van der Waals surface area contributed by atoms with E-state index in [4.69, 9.17) is 0 Å². The van der Waals surface area contributed by atoms with E-state index in [-0.39, 0.29) is 0 Å². The molecule has 0 aromatic rings. The molecule has 0 fully saturated rings. The van der Waals surface area contributed by atoms with Gasteiger partial charge < -0.3 is 4.90 Å². The third-order valence-corrected chi connectivity index (χ3v) is 2.70. The van der Waals surface area contributed by atoms with Gasteiger partial charge in [-0.15, -0.1) is 0 Å². The molecule has 2 N–H and O–H groups in total. The molecule has 12 heavy (non-hydrogen) atoms. The van der Waals surface area contributed by atoms with Crippen LogP contribution in [0, 0.1) is 0 Å². The van der Waals surface area contributed by atoms with E-state index < -0.39 is 0 Å². The van der Waals surface area contributed by atoms with Gasteiger partial charge in [0.2, 0.25) is 0 Å². The van der Waals surface area contributed by atoms with Crippen LogP contribution in [0.3, 0.4) is 0 Å². The maximum absolute atomic E-state index is 3.12. The summed E-state index contributed by atoms with van der Waals surface area (Å²) in [4.78, 5) is 2.38. The quantitative estimate of drug-likeness (QED) is 0.370. The monoisotopic (exact) mass is 397 g/mol. The summed E-state index contributed by atoms with van der Waals surface area (Å²) in [6.07, 6.45) is 2.47. The van der Waals surface area contributed by atoms with Crippen LogP contribution in [0.5, 0.6) is 0 Å². The van der Waals surface area contributed by atoms with Gasteiger partial charge in [0.15, 0.2) is 0 Å². The maximum atomic E-state index is 3.12. The van der Waals surface area contributed by atoms with Crippen molar-refractivity contribution >= 4 is 45.7 Å². The molecule has 0 aliphatic heterocycles. The van der Waals surface area contributed by atoms with E-state index in [1.54, 1.807) is 0 Å². The fourth-order valence-electron chi connectivity index (χ4n) is 0.943. The maximum Gasteiger partial charge on any atom is 0.0169 e. The smallest absolute Gasteiger partial charge is 0.0169 e. The predicted octanol–water partition coefficient (Wildman–Crippen LogP) is 1.58. The Morgan fingerprint density at radius 3 is 1.75 bits per heavy atom. The van der Waals surface area contributed by atoms with Gasteiger partial charge in [0.05, 0.1) is 0 Å². The van der Waals surface area contributed by atoms with Crippen molar-refractivity contribution in [2.75, 3.05) is 33.2 Å². The average Bonchev–Trinajstić information content (AvgIpc) is 2.06. The molecule has 74 valence electrons. The SMILES string of the molecule is CN(CCCNI)CCCNI. The minimum atomic E-state index is 1.11. The lowest BCUT2D eigenvalue weighted by Gasteiger charge is -2.15. The molecule has 0 atom stereocenters. The summed E-state index contributed by atoms with van der Waals surface area (Å²) in [6.45, 7) is 4.60. The van der Waals surface area contributed by atoms with E-state index in [1.165, 1.54) is 25.9 Å². The van der Waals surface area contributed by atoms with Crippen LogP contribution in [0.15, 0.2) is 0 Å². The molecular weight excluding hydrogens is 380 g/mol. The van der Waals surface area contributed by atoms with Crippen molar-refractivity contribution in [3.63, 3.8) is 0 Å². The normalized spacial score (nSPS) is 11.0. The van der Waals surface area contributed by atoms with Gasteiger partial charge in [0.25, 0.3) is 0 Å². The summed E-state index contributed by atoms with van der Waals surface area (Å²) in [7, 11) is 2.18. The summed E-state index contributed by atoms with van der Waals surface area (Å²) in [6, 6.07) is 0. The van der Waals surface area contributed by atoms with Crippen molar-refractivity contribution in [2.45, 2.75) is 12.8 Å². The number of nitrogens with zero attached hydrogens (tertiary/aromatic N) is 1. The van der Waals surface area contributed by atoms with Crippen molar-refractivity contribution < 1.29 is 0 Å². The third-order valence-electron chi connectivity index (χ3n) is 1.62. The minimum absolute atomic E-state index is 1.11. The van der Waals surface area contributed by atoms with Gasteiger partial charge in [-0.2, -0.15) is 0 Å². The fourth-order valence-corrected chi connectivity index (χ4v) is 1.71. The van der Waals surface area contributed by atoms with Gasteiger partial charge in [-0.05, 0) is 33.0 Å². The molecule has 0 spiro atoms. The molecule has 0 amide bonds. The highest BCUT2D eigenvalue weighted by Crippen LogP contribution is 1.90. The Morgan fingerprint density at radius 1 is 1.00 bits per heavy atom.